The normalized spacial score (nSPS) is 13.2. The number of nitrogens with zero attached hydrogens (tertiary/aromatic N) is 1. The van der Waals surface area contributed by atoms with E-state index in [1.165, 1.54) is 10.9 Å². The maximum Gasteiger partial charge on any atom is 0.0705 e. The van der Waals surface area contributed by atoms with Crippen molar-refractivity contribution in [3.8, 4) is 0 Å². The highest BCUT2D eigenvalue weighted by atomic mass is 35.5. The summed E-state index contributed by atoms with van der Waals surface area (Å²) in [6.45, 7) is 6.36. The maximum absolute atomic E-state index is 6.29. The number of alkyl halides is 1. The van der Waals surface area contributed by atoms with Crippen molar-refractivity contribution in [1.82, 2.24) is 4.98 Å². The molecule has 1 aromatic carbocycles. The Morgan fingerprint density at radius 3 is 2.67 bits per heavy atom. The number of hydrogen-bond acceptors (Lipinski definition) is 1. The van der Waals surface area contributed by atoms with Gasteiger partial charge >= 0.3 is 0 Å². The van der Waals surface area contributed by atoms with Crippen LogP contribution in [0.25, 0.3) is 10.9 Å². The highest BCUT2D eigenvalue weighted by molar-refractivity contribution is 6.20. The molecule has 0 N–H and O–H groups in total. The van der Waals surface area contributed by atoms with E-state index in [0.717, 1.165) is 24.1 Å². The molecule has 0 saturated heterocycles. The molecule has 2 heteroatoms. The van der Waals surface area contributed by atoms with Crippen molar-refractivity contribution in [3.63, 3.8) is 0 Å². The Bertz CT molecular complexity index is 534. The molecule has 1 atom stereocenters. The average molecular weight is 262 g/mol. The molecule has 2 aromatic rings. The fourth-order valence-corrected chi connectivity index (χ4v) is 2.18. The highest BCUT2D eigenvalue weighted by Crippen LogP contribution is 2.19. The number of hydrogen-bond donors (Lipinski definition) is 0. The van der Waals surface area contributed by atoms with Crippen LogP contribution in [-0.4, -0.2) is 10.4 Å². The van der Waals surface area contributed by atoms with Crippen molar-refractivity contribution >= 4 is 22.5 Å². The first-order chi connectivity index (χ1) is 8.56. The van der Waals surface area contributed by atoms with Crippen LogP contribution < -0.4 is 0 Å². The molecule has 0 radical (unpaired) electrons. The van der Waals surface area contributed by atoms with Crippen molar-refractivity contribution in [2.45, 2.75) is 39.0 Å². The third-order valence-corrected chi connectivity index (χ3v) is 4.05. The molecule has 0 aliphatic carbocycles. The lowest BCUT2D eigenvalue weighted by atomic mass is 10.0. The Labute approximate surface area is 114 Å². The van der Waals surface area contributed by atoms with Crippen LogP contribution in [0.2, 0.25) is 0 Å². The number of fused-ring (bicyclic) bond motifs is 1. The molecule has 0 aliphatic heterocycles. The number of pyridine rings is 1. The van der Waals surface area contributed by atoms with Gasteiger partial charge in [-0.2, -0.15) is 0 Å². The highest BCUT2D eigenvalue weighted by Gasteiger charge is 2.09. The zero-order valence-corrected chi connectivity index (χ0v) is 12.0. The van der Waals surface area contributed by atoms with Crippen molar-refractivity contribution < 1.29 is 0 Å². The summed E-state index contributed by atoms with van der Waals surface area (Å²) in [7, 11) is 0. The molecule has 1 unspecified atom stereocenters. The summed E-state index contributed by atoms with van der Waals surface area (Å²) in [5, 5.41) is 1.48. The molecule has 0 spiro atoms. The van der Waals surface area contributed by atoms with Crippen LogP contribution in [0.1, 0.15) is 31.5 Å². The molecule has 0 fully saturated rings. The van der Waals surface area contributed by atoms with E-state index in [2.05, 4.69) is 49.2 Å². The molecule has 1 aromatic heterocycles. The van der Waals surface area contributed by atoms with E-state index < -0.39 is 0 Å². The van der Waals surface area contributed by atoms with Crippen molar-refractivity contribution in [1.29, 1.82) is 0 Å². The summed E-state index contributed by atoms with van der Waals surface area (Å²) in [6, 6.07) is 10.7. The molecular weight excluding hydrogens is 242 g/mol. The zero-order valence-electron chi connectivity index (χ0n) is 11.3. The van der Waals surface area contributed by atoms with Crippen LogP contribution in [-0.2, 0) is 6.42 Å². The van der Waals surface area contributed by atoms with Gasteiger partial charge in [0.25, 0.3) is 0 Å². The quantitative estimate of drug-likeness (QED) is 0.725. The monoisotopic (exact) mass is 261 g/mol. The standard InChI is InChI=1S/C16H20ClN/c1-11(2)15(17)8-5-13-6-9-16-14(10-13)7-4-12(3)18-16/h4,6-7,9-11,15H,5,8H2,1-3H3. The zero-order chi connectivity index (χ0) is 13.1. The van der Waals surface area contributed by atoms with Gasteiger partial charge in [0.05, 0.1) is 5.52 Å². The number of halogens is 1. The fraction of sp³-hybridized carbons (Fsp3) is 0.438. The second kappa shape index (κ2) is 5.71. The van der Waals surface area contributed by atoms with Gasteiger partial charge in [0.1, 0.15) is 0 Å². The predicted octanol–water partition coefficient (Wildman–Crippen LogP) is 4.74. The van der Waals surface area contributed by atoms with Gasteiger partial charge in [0.2, 0.25) is 0 Å². The van der Waals surface area contributed by atoms with Gasteiger partial charge in [-0.15, -0.1) is 11.6 Å². The van der Waals surface area contributed by atoms with Gasteiger partial charge in [-0.3, -0.25) is 4.98 Å². The Morgan fingerprint density at radius 1 is 1.17 bits per heavy atom. The van der Waals surface area contributed by atoms with E-state index >= 15 is 0 Å². The third kappa shape index (κ3) is 3.23. The molecule has 18 heavy (non-hydrogen) atoms. The van der Waals surface area contributed by atoms with E-state index in [1.54, 1.807) is 0 Å². The van der Waals surface area contributed by atoms with Crippen LogP contribution in [0.5, 0.6) is 0 Å². The molecular formula is C16H20ClN. The molecule has 1 heterocycles. The van der Waals surface area contributed by atoms with Gasteiger partial charge in [0, 0.05) is 16.5 Å². The minimum atomic E-state index is 0.261. The Morgan fingerprint density at radius 2 is 1.94 bits per heavy atom. The average Bonchev–Trinajstić information content (AvgIpc) is 2.35. The minimum absolute atomic E-state index is 0.261. The Hall–Kier alpha value is -1.08. The van der Waals surface area contributed by atoms with Crippen molar-refractivity contribution in [2.75, 3.05) is 0 Å². The second-order valence-corrected chi connectivity index (χ2v) is 5.84. The molecule has 1 nitrogen and oxygen atoms in total. The van der Waals surface area contributed by atoms with Gasteiger partial charge in [-0.05, 0) is 49.4 Å². The largest absolute Gasteiger partial charge is 0.253 e. The second-order valence-electron chi connectivity index (χ2n) is 5.28. The maximum atomic E-state index is 6.29. The molecule has 96 valence electrons. The van der Waals surface area contributed by atoms with Crippen molar-refractivity contribution in [2.24, 2.45) is 5.92 Å². The van der Waals surface area contributed by atoms with E-state index in [4.69, 9.17) is 11.6 Å². The van der Waals surface area contributed by atoms with E-state index in [9.17, 15) is 0 Å². The minimum Gasteiger partial charge on any atom is -0.253 e. The molecule has 0 saturated carbocycles. The molecule has 2 rings (SSSR count). The number of aromatic nitrogens is 1. The first-order valence-electron chi connectivity index (χ1n) is 6.56. The number of benzene rings is 1. The van der Waals surface area contributed by atoms with E-state index in [0.29, 0.717) is 5.92 Å². The van der Waals surface area contributed by atoms with Crippen LogP contribution >= 0.6 is 11.6 Å². The lowest BCUT2D eigenvalue weighted by Crippen LogP contribution is -2.08. The topological polar surface area (TPSA) is 12.9 Å². The summed E-state index contributed by atoms with van der Waals surface area (Å²) in [5.41, 5.74) is 3.49. The summed E-state index contributed by atoms with van der Waals surface area (Å²) in [5.74, 6) is 0.538. The lowest BCUT2D eigenvalue weighted by Gasteiger charge is -2.13. The van der Waals surface area contributed by atoms with Gasteiger partial charge in [0.15, 0.2) is 0 Å². The van der Waals surface area contributed by atoms with Gasteiger partial charge in [-0.1, -0.05) is 26.0 Å². The van der Waals surface area contributed by atoms with Gasteiger partial charge in [-0.25, -0.2) is 0 Å². The molecule has 0 bridgehead atoms. The van der Waals surface area contributed by atoms with E-state index in [1.807, 2.05) is 6.92 Å². The first-order valence-corrected chi connectivity index (χ1v) is 7.00. The van der Waals surface area contributed by atoms with Crippen LogP contribution in [0, 0.1) is 12.8 Å². The smallest absolute Gasteiger partial charge is 0.0705 e. The van der Waals surface area contributed by atoms with Gasteiger partial charge < -0.3 is 0 Å². The Balaban J connectivity index is 2.13. The SMILES string of the molecule is Cc1ccc2cc(CCC(Cl)C(C)C)ccc2n1. The Kier molecular flexibility index (Phi) is 4.23. The summed E-state index contributed by atoms with van der Waals surface area (Å²) in [6.07, 6.45) is 2.07. The summed E-state index contributed by atoms with van der Waals surface area (Å²) < 4.78 is 0. The predicted molar refractivity (Wildman–Crippen MR) is 79.3 cm³/mol. The van der Waals surface area contributed by atoms with Crippen LogP contribution in [0.4, 0.5) is 0 Å². The molecule has 0 aliphatic rings. The van der Waals surface area contributed by atoms with E-state index in [-0.39, 0.29) is 5.38 Å². The van der Waals surface area contributed by atoms with Crippen LogP contribution in [0.3, 0.4) is 0 Å². The number of rotatable bonds is 4. The lowest BCUT2D eigenvalue weighted by molar-refractivity contribution is 0.565. The fourth-order valence-electron chi connectivity index (χ4n) is 2.07. The summed E-state index contributed by atoms with van der Waals surface area (Å²) >= 11 is 6.29. The third-order valence-electron chi connectivity index (χ3n) is 3.33. The van der Waals surface area contributed by atoms with Crippen molar-refractivity contribution in [3.05, 3.63) is 41.6 Å². The van der Waals surface area contributed by atoms with Crippen LogP contribution in [0.15, 0.2) is 30.3 Å². The molecule has 0 amide bonds. The first kappa shape index (κ1) is 13.4. The number of aryl methyl sites for hydroxylation is 2. The summed E-state index contributed by atoms with van der Waals surface area (Å²) in [4.78, 5) is 4.51.